The van der Waals surface area contributed by atoms with Gasteiger partial charge in [-0.05, 0) is 56.7 Å². The molecule has 0 saturated heterocycles. The maximum absolute atomic E-state index is 13.7. The van der Waals surface area contributed by atoms with Gasteiger partial charge in [-0.1, -0.05) is 24.3 Å². The Morgan fingerprint density at radius 1 is 0.881 bits per heavy atom. The van der Waals surface area contributed by atoms with Crippen molar-refractivity contribution in [3.63, 3.8) is 0 Å². The van der Waals surface area contributed by atoms with Gasteiger partial charge in [-0.2, -0.15) is 0 Å². The molecule has 1 spiro atoms. The second-order valence-corrected chi connectivity index (χ2v) is 10.8. The van der Waals surface area contributed by atoms with Crippen molar-refractivity contribution in [3.8, 4) is 11.5 Å². The van der Waals surface area contributed by atoms with Gasteiger partial charge in [0.2, 0.25) is 16.3 Å². The molecule has 1 aromatic carbocycles. The van der Waals surface area contributed by atoms with Crippen molar-refractivity contribution in [3.05, 3.63) is 125 Å². The van der Waals surface area contributed by atoms with Gasteiger partial charge in [0.25, 0.3) is 5.56 Å². The third-order valence-electron chi connectivity index (χ3n) is 8.00. The van der Waals surface area contributed by atoms with Crippen LogP contribution in [0.4, 0.5) is 0 Å². The summed E-state index contributed by atoms with van der Waals surface area (Å²) in [4.78, 5) is 69.3. The van der Waals surface area contributed by atoms with Crippen LogP contribution in [0.2, 0.25) is 0 Å². The van der Waals surface area contributed by atoms with Crippen molar-refractivity contribution in [1.29, 1.82) is 0 Å². The van der Waals surface area contributed by atoms with E-state index in [9.17, 15) is 39.3 Å². The Morgan fingerprint density at radius 3 is 2.19 bits per heavy atom. The lowest BCUT2D eigenvalue weighted by atomic mass is 9.78. The first-order chi connectivity index (χ1) is 19.9. The minimum absolute atomic E-state index is 0.0275. The number of aromatic hydroxyl groups is 1. The van der Waals surface area contributed by atoms with Crippen LogP contribution in [0.25, 0.3) is 28.4 Å². The van der Waals surface area contributed by atoms with E-state index in [0.717, 1.165) is 6.07 Å². The Morgan fingerprint density at radius 2 is 1.55 bits per heavy atom. The smallest absolute Gasteiger partial charge is 0.260 e. The normalized spacial score (nSPS) is 18.0. The fourth-order valence-corrected chi connectivity index (χ4v) is 6.32. The van der Waals surface area contributed by atoms with Crippen LogP contribution >= 0.6 is 0 Å². The Balaban J connectivity index is 1.72. The molecule has 1 aromatic heterocycles. The molecular weight excluding hydrogens is 542 g/mol. The third-order valence-corrected chi connectivity index (χ3v) is 8.00. The van der Waals surface area contributed by atoms with E-state index >= 15 is 0 Å². The average Bonchev–Trinajstić information content (AvgIpc) is 3.41. The molecule has 0 bridgehead atoms. The summed E-state index contributed by atoms with van der Waals surface area (Å²) >= 11 is 0. The molecule has 0 amide bonds. The number of nitrogens with one attached hydrogen (secondary N) is 1. The van der Waals surface area contributed by atoms with Gasteiger partial charge < -0.3 is 25.0 Å². The fourth-order valence-electron chi connectivity index (χ4n) is 6.32. The Labute approximate surface area is 235 Å². The molecule has 1 atom stereocenters. The van der Waals surface area contributed by atoms with Crippen LogP contribution in [0.3, 0.4) is 0 Å². The number of hydrogen-bond acceptors (Lipinski definition) is 9. The van der Waals surface area contributed by atoms with E-state index in [-0.39, 0.29) is 23.8 Å². The van der Waals surface area contributed by atoms with Gasteiger partial charge in [0.1, 0.15) is 22.7 Å². The Bertz CT molecular complexity index is 2410. The van der Waals surface area contributed by atoms with Crippen molar-refractivity contribution >= 4 is 28.4 Å². The van der Waals surface area contributed by atoms with Gasteiger partial charge in [-0.15, -0.1) is 0 Å². The molecule has 0 unspecified atom stereocenters. The quantitative estimate of drug-likeness (QED) is 0.261. The van der Waals surface area contributed by atoms with E-state index in [2.05, 4.69) is 4.98 Å². The predicted octanol–water partition coefficient (Wildman–Crippen LogP) is 0.882. The topological polar surface area (TPSA) is 171 Å². The van der Waals surface area contributed by atoms with E-state index in [1.54, 1.807) is 44.2 Å². The summed E-state index contributed by atoms with van der Waals surface area (Å²) in [5, 5.41) is 32.2. The van der Waals surface area contributed by atoms with Crippen LogP contribution in [0.5, 0.6) is 11.5 Å². The maximum Gasteiger partial charge on any atom is 0.260 e. The number of fused-ring (bicyclic) bond motifs is 4. The molecule has 4 aliphatic rings. The van der Waals surface area contributed by atoms with E-state index in [4.69, 9.17) is 4.74 Å². The van der Waals surface area contributed by atoms with Crippen molar-refractivity contribution in [1.82, 2.24) is 4.98 Å². The van der Waals surface area contributed by atoms with Gasteiger partial charge in [0, 0.05) is 17.3 Å². The molecular formula is C32H25NO9. The van der Waals surface area contributed by atoms with Crippen molar-refractivity contribution < 1.29 is 20.1 Å². The van der Waals surface area contributed by atoms with Crippen molar-refractivity contribution in [2.24, 2.45) is 0 Å². The summed E-state index contributed by atoms with van der Waals surface area (Å²) < 4.78 is 5.39. The molecule has 4 N–H and O–H groups in total. The first kappa shape index (κ1) is 26.9. The molecule has 10 nitrogen and oxygen atoms in total. The number of aromatic nitrogens is 1. The van der Waals surface area contributed by atoms with E-state index < -0.39 is 82.7 Å². The molecule has 1 heterocycles. The lowest BCUT2D eigenvalue weighted by Gasteiger charge is -2.27. The summed E-state index contributed by atoms with van der Waals surface area (Å²) in [5.74, 6) is -2.41. The van der Waals surface area contributed by atoms with Gasteiger partial charge in [-0.25, -0.2) is 0 Å². The number of aliphatic hydroxyl groups is 2. The number of phenolic OH excluding ortho intramolecular Hbond substituents is 1. The van der Waals surface area contributed by atoms with E-state index in [1.807, 2.05) is 13.0 Å². The lowest BCUT2D eigenvalue weighted by Crippen LogP contribution is -2.52. The zero-order valence-electron chi connectivity index (χ0n) is 22.8. The SMILES string of the molecule is C/C=C/C=C/c1cc2cc3c(c(O)c2c(=O)[nH]1)[C@@]1(CC3)C(O)=c2c(=O)c3c(=O)cc(OC(C)C)c(=O)c=3c(=O)c2=C1O. The van der Waals surface area contributed by atoms with Gasteiger partial charge in [0.15, 0.2) is 11.2 Å². The largest absolute Gasteiger partial charge is 0.510 e. The number of hydrogen-bond donors (Lipinski definition) is 4. The van der Waals surface area contributed by atoms with Crippen LogP contribution in [0.1, 0.15) is 44.0 Å². The molecule has 2 aromatic rings. The fraction of sp³-hybridized carbons (Fsp3) is 0.219. The highest BCUT2D eigenvalue weighted by Gasteiger charge is 2.53. The van der Waals surface area contributed by atoms with Crippen LogP contribution < -0.4 is 42.4 Å². The molecule has 0 radical (unpaired) electrons. The number of rotatable bonds is 4. The van der Waals surface area contributed by atoms with Crippen LogP contribution in [0, 0.1) is 10.4 Å². The standard InChI is InChI=1S/C32H25NO9/c1-4-5-6-7-16-11-15-10-14-8-9-32(24(14)28(38)19(15)31(41)33-16)29(39)22-23(30(32)40)27(37)21-20(26(22)36)17(34)12-18(25(21)35)42-13(2)3/h4-7,10-13,38-40H,8-9H2,1-3H3,(H,33,41)/b5-4+,7-6+/t32-/m0/s1. The summed E-state index contributed by atoms with van der Waals surface area (Å²) in [6.07, 6.45) is 6.64. The average molecular weight is 568 g/mol. The first-order valence-corrected chi connectivity index (χ1v) is 13.3. The monoisotopic (exact) mass is 567 g/mol. The summed E-state index contributed by atoms with van der Waals surface area (Å²) in [6.45, 7) is 5.08. The first-order valence-electron chi connectivity index (χ1n) is 13.3. The number of aliphatic hydroxyl groups excluding tert-OH is 2. The highest BCUT2D eigenvalue weighted by atomic mass is 16.5. The molecule has 0 fully saturated rings. The van der Waals surface area contributed by atoms with Gasteiger partial charge in [0.05, 0.1) is 32.4 Å². The number of aryl methyl sites for hydroxylation is 1. The molecule has 0 aliphatic heterocycles. The number of phenols is 1. The van der Waals surface area contributed by atoms with Crippen LogP contribution in [-0.2, 0) is 11.8 Å². The minimum atomic E-state index is -1.94. The number of pyridine rings is 1. The number of H-pyrrole nitrogens is 1. The summed E-state index contributed by atoms with van der Waals surface area (Å²) in [6, 6.07) is 4.15. The molecule has 42 heavy (non-hydrogen) atoms. The van der Waals surface area contributed by atoms with Crippen LogP contribution in [0.15, 0.2) is 60.4 Å². The summed E-state index contributed by atoms with van der Waals surface area (Å²) in [5.41, 5.74) is -5.76. The molecule has 0 saturated carbocycles. The Hall–Kier alpha value is -5.25. The highest BCUT2D eigenvalue weighted by molar-refractivity contribution is 5.94. The van der Waals surface area contributed by atoms with Crippen molar-refractivity contribution in [2.45, 2.75) is 45.1 Å². The maximum atomic E-state index is 13.7. The van der Waals surface area contributed by atoms with E-state index in [1.165, 1.54) is 0 Å². The van der Waals surface area contributed by atoms with Crippen LogP contribution in [-0.4, -0.2) is 26.4 Å². The second kappa shape index (κ2) is 9.13. The number of ether oxygens (including phenoxy) is 1. The zero-order chi connectivity index (χ0) is 30.2. The van der Waals surface area contributed by atoms with Gasteiger partial charge in [-0.3, -0.25) is 24.0 Å². The zero-order valence-corrected chi connectivity index (χ0v) is 22.8. The minimum Gasteiger partial charge on any atom is -0.510 e. The molecule has 10 heteroatoms. The van der Waals surface area contributed by atoms with E-state index in [0.29, 0.717) is 16.6 Å². The number of benzene rings is 1. The Kier molecular flexibility index (Phi) is 5.86. The molecule has 212 valence electrons. The van der Waals surface area contributed by atoms with Gasteiger partial charge >= 0.3 is 0 Å². The molecule has 4 aliphatic carbocycles. The second-order valence-electron chi connectivity index (χ2n) is 10.8. The predicted molar refractivity (Wildman–Crippen MR) is 156 cm³/mol. The lowest BCUT2D eigenvalue weighted by molar-refractivity contribution is 0.239. The van der Waals surface area contributed by atoms with Crippen molar-refractivity contribution in [2.75, 3.05) is 0 Å². The number of aromatic amines is 1. The summed E-state index contributed by atoms with van der Waals surface area (Å²) in [7, 11) is 0. The highest BCUT2D eigenvalue weighted by Crippen LogP contribution is 2.54. The third kappa shape index (κ3) is 3.41. The molecule has 6 rings (SSSR count). The number of allylic oxidation sites excluding steroid dienone is 3.